The maximum absolute atomic E-state index is 7.07. The summed E-state index contributed by atoms with van der Waals surface area (Å²) in [6.45, 7) is 2.25. The third kappa shape index (κ3) is 1.12. The van der Waals surface area contributed by atoms with Gasteiger partial charge in [0.1, 0.15) is 0 Å². The number of hydrogen-bond acceptors (Lipinski definition) is 1. The highest BCUT2D eigenvalue weighted by molar-refractivity contribution is 5.54. The summed E-state index contributed by atoms with van der Waals surface area (Å²) in [6, 6.07) is 0. The van der Waals surface area contributed by atoms with Crippen LogP contribution < -0.4 is 0 Å². The lowest BCUT2D eigenvalue weighted by atomic mass is 9.65. The fourth-order valence-electron chi connectivity index (χ4n) is 2.73. The molecule has 2 aliphatic rings. The van der Waals surface area contributed by atoms with Crippen molar-refractivity contribution in [2.45, 2.75) is 32.6 Å². The van der Waals surface area contributed by atoms with Crippen LogP contribution in [0.4, 0.5) is 0 Å². The second-order valence-electron chi connectivity index (χ2n) is 4.16. The van der Waals surface area contributed by atoms with Gasteiger partial charge in [0.15, 0.2) is 0 Å². The Hall–Kier alpha value is -0.590. The largest absolute Gasteiger partial charge is 0.313 e. The first-order chi connectivity index (χ1) is 5.85. The van der Waals surface area contributed by atoms with Gasteiger partial charge in [0.25, 0.3) is 0 Å². The van der Waals surface area contributed by atoms with Crippen LogP contribution in [0.2, 0.25) is 0 Å². The molecule has 1 heteroatoms. The van der Waals surface area contributed by atoms with Crippen molar-refractivity contribution in [2.75, 3.05) is 0 Å². The Labute approximate surface area is 74.4 Å². The predicted octanol–water partition coefficient (Wildman–Crippen LogP) is 3.02. The molecular formula is C11H17N. The summed E-state index contributed by atoms with van der Waals surface area (Å²) in [5.41, 5.74) is 1.66. The van der Waals surface area contributed by atoms with Crippen molar-refractivity contribution in [2.24, 2.45) is 17.8 Å². The standard InChI is InChI=1S/C11H17N/c1-2-8-5-10-7-9(3-4-12)11(10)6-8/h4,6,9-12H,2-3,5,7H2,1H3/t9-,10?,11-/m0/s1. The van der Waals surface area contributed by atoms with Crippen LogP contribution in [0.3, 0.4) is 0 Å². The lowest BCUT2D eigenvalue weighted by Gasteiger charge is -2.39. The van der Waals surface area contributed by atoms with Crippen molar-refractivity contribution in [3.8, 4) is 0 Å². The molecule has 2 aliphatic carbocycles. The van der Waals surface area contributed by atoms with Crippen molar-refractivity contribution >= 4 is 6.21 Å². The highest BCUT2D eigenvalue weighted by Crippen LogP contribution is 2.51. The molecule has 0 radical (unpaired) electrons. The van der Waals surface area contributed by atoms with Crippen LogP contribution in [0, 0.1) is 23.2 Å². The van der Waals surface area contributed by atoms with E-state index in [9.17, 15) is 0 Å². The SMILES string of the molecule is CCC1=C[C@@H]2C(C1)C[C@@H]2CC=N. The van der Waals surface area contributed by atoms with Crippen LogP contribution >= 0.6 is 0 Å². The number of nitrogens with one attached hydrogen (secondary N) is 1. The molecule has 2 rings (SSSR count). The smallest absolute Gasteiger partial charge is 0.00448 e. The molecule has 0 aliphatic heterocycles. The third-order valence-electron chi connectivity index (χ3n) is 3.52. The van der Waals surface area contributed by atoms with Crippen LogP contribution in [0.1, 0.15) is 32.6 Å². The average molecular weight is 163 g/mol. The van der Waals surface area contributed by atoms with Gasteiger partial charge in [-0.1, -0.05) is 18.6 Å². The Morgan fingerprint density at radius 2 is 2.50 bits per heavy atom. The Bertz CT molecular complexity index is 217. The van der Waals surface area contributed by atoms with Crippen LogP contribution in [0.5, 0.6) is 0 Å². The van der Waals surface area contributed by atoms with Gasteiger partial charge in [-0.2, -0.15) is 0 Å². The Balaban J connectivity index is 1.95. The van der Waals surface area contributed by atoms with Crippen molar-refractivity contribution in [3.05, 3.63) is 11.6 Å². The first kappa shape index (κ1) is 8.03. The van der Waals surface area contributed by atoms with E-state index in [0.29, 0.717) is 0 Å². The quantitative estimate of drug-likeness (QED) is 0.488. The summed E-state index contributed by atoms with van der Waals surface area (Å²) in [7, 11) is 0. The molecule has 0 spiro atoms. The Kier molecular flexibility index (Phi) is 2.03. The van der Waals surface area contributed by atoms with E-state index in [1.165, 1.54) is 19.3 Å². The molecule has 0 heterocycles. The second kappa shape index (κ2) is 3.04. The zero-order valence-electron chi connectivity index (χ0n) is 7.72. The average Bonchev–Trinajstić information content (AvgIpc) is 2.39. The van der Waals surface area contributed by atoms with E-state index >= 15 is 0 Å². The van der Waals surface area contributed by atoms with E-state index in [2.05, 4.69) is 13.0 Å². The van der Waals surface area contributed by atoms with Gasteiger partial charge >= 0.3 is 0 Å². The number of allylic oxidation sites excluding steroid dienone is 2. The lowest BCUT2D eigenvalue weighted by Crippen LogP contribution is -2.32. The first-order valence-electron chi connectivity index (χ1n) is 5.03. The van der Waals surface area contributed by atoms with E-state index < -0.39 is 0 Å². The van der Waals surface area contributed by atoms with Gasteiger partial charge in [0, 0.05) is 0 Å². The van der Waals surface area contributed by atoms with Crippen molar-refractivity contribution in [1.29, 1.82) is 5.41 Å². The second-order valence-corrected chi connectivity index (χ2v) is 4.16. The minimum atomic E-state index is 0.816. The monoisotopic (exact) mass is 163 g/mol. The van der Waals surface area contributed by atoms with Gasteiger partial charge in [-0.15, -0.1) is 0 Å². The highest BCUT2D eigenvalue weighted by Gasteiger charge is 2.41. The molecule has 1 saturated carbocycles. The molecule has 0 aromatic carbocycles. The van der Waals surface area contributed by atoms with Gasteiger partial charge in [-0.3, -0.25) is 0 Å². The van der Waals surface area contributed by atoms with E-state index in [1.807, 2.05) is 0 Å². The van der Waals surface area contributed by atoms with Crippen molar-refractivity contribution in [3.63, 3.8) is 0 Å². The van der Waals surface area contributed by atoms with Crippen LogP contribution in [-0.4, -0.2) is 6.21 Å². The molecule has 66 valence electrons. The van der Waals surface area contributed by atoms with Crippen LogP contribution in [0.25, 0.3) is 0 Å². The molecule has 1 fully saturated rings. The van der Waals surface area contributed by atoms with Gasteiger partial charge < -0.3 is 5.41 Å². The summed E-state index contributed by atoms with van der Waals surface area (Å²) >= 11 is 0. The summed E-state index contributed by atoms with van der Waals surface area (Å²) in [4.78, 5) is 0. The Morgan fingerprint density at radius 1 is 1.67 bits per heavy atom. The van der Waals surface area contributed by atoms with E-state index in [-0.39, 0.29) is 0 Å². The minimum absolute atomic E-state index is 0.816. The Morgan fingerprint density at radius 3 is 3.17 bits per heavy atom. The van der Waals surface area contributed by atoms with Gasteiger partial charge in [0.2, 0.25) is 0 Å². The summed E-state index contributed by atoms with van der Waals surface area (Å²) in [6.07, 6.45) is 9.05. The zero-order chi connectivity index (χ0) is 8.55. The van der Waals surface area contributed by atoms with E-state index in [1.54, 1.807) is 11.8 Å². The highest BCUT2D eigenvalue weighted by atomic mass is 14.5. The van der Waals surface area contributed by atoms with Gasteiger partial charge in [0.05, 0.1) is 0 Å². The van der Waals surface area contributed by atoms with Crippen molar-refractivity contribution < 1.29 is 0 Å². The molecule has 1 N–H and O–H groups in total. The molecular weight excluding hydrogens is 146 g/mol. The first-order valence-corrected chi connectivity index (χ1v) is 5.03. The number of rotatable bonds is 3. The van der Waals surface area contributed by atoms with Crippen LogP contribution in [0.15, 0.2) is 11.6 Å². The molecule has 1 nitrogen and oxygen atoms in total. The van der Waals surface area contributed by atoms with Crippen LogP contribution in [-0.2, 0) is 0 Å². The molecule has 1 unspecified atom stereocenters. The topological polar surface area (TPSA) is 23.9 Å². The zero-order valence-corrected chi connectivity index (χ0v) is 7.72. The van der Waals surface area contributed by atoms with Gasteiger partial charge in [-0.25, -0.2) is 0 Å². The normalized spacial score (nSPS) is 38.4. The lowest BCUT2D eigenvalue weighted by molar-refractivity contribution is 0.137. The molecule has 0 aromatic rings. The predicted molar refractivity (Wildman–Crippen MR) is 51.5 cm³/mol. The molecule has 0 aromatic heterocycles. The van der Waals surface area contributed by atoms with E-state index in [4.69, 9.17) is 5.41 Å². The van der Waals surface area contributed by atoms with Gasteiger partial charge in [-0.05, 0) is 49.7 Å². The molecule has 12 heavy (non-hydrogen) atoms. The summed E-state index contributed by atoms with van der Waals surface area (Å²) in [5.74, 6) is 2.63. The van der Waals surface area contributed by atoms with Crippen molar-refractivity contribution in [1.82, 2.24) is 0 Å². The minimum Gasteiger partial charge on any atom is -0.313 e. The molecule has 0 bridgehead atoms. The third-order valence-corrected chi connectivity index (χ3v) is 3.52. The fraction of sp³-hybridized carbons (Fsp3) is 0.727. The summed E-state index contributed by atoms with van der Waals surface area (Å²) in [5, 5.41) is 7.07. The maximum atomic E-state index is 7.07. The summed E-state index contributed by atoms with van der Waals surface area (Å²) < 4.78 is 0. The molecule has 3 atom stereocenters. The number of hydrogen-bond donors (Lipinski definition) is 1. The molecule has 0 amide bonds. The maximum Gasteiger partial charge on any atom is -0.00448 e. The van der Waals surface area contributed by atoms with E-state index in [0.717, 1.165) is 24.2 Å². The number of fused-ring (bicyclic) bond motifs is 1. The molecule has 0 saturated heterocycles. The fourth-order valence-corrected chi connectivity index (χ4v) is 2.73.